The van der Waals surface area contributed by atoms with E-state index in [9.17, 15) is 4.79 Å². The first-order valence-corrected chi connectivity index (χ1v) is 4.17. The van der Waals surface area contributed by atoms with Crippen molar-refractivity contribution < 1.29 is 4.79 Å². The Hall–Kier alpha value is -0.570. The molecular formula is C8H14N2O. The van der Waals surface area contributed by atoms with Crippen molar-refractivity contribution in [3.63, 3.8) is 0 Å². The molecule has 0 bridgehead atoms. The summed E-state index contributed by atoms with van der Waals surface area (Å²) in [4.78, 5) is 14.7. The van der Waals surface area contributed by atoms with E-state index in [1.54, 1.807) is 0 Å². The van der Waals surface area contributed by atoms with E-state index in [0.29, 0.717) is 0 Å². The number of nitrogens with zero attached hydrogens (tertiary/aromatic N) is 2. The van der Waals surface area contributed by atoms with Gasteiger partial charge in [0.2, 0.25) is 6.41 Å². The second-order valence-electron chi connectivity index (χ2n) is 3.80. The average Bonchev–Trinajstić information content (AvgIpc) is 2.43. The van der Waals surface area contributed by atoms with Crippen LogP contribution >= 0.6 is 0 Å². The SMILES string of the molecule is CN1CC2CN(C=O)CC2C1. The summed E-state index contributed by atoms with van der Waals surface area (Å²) in [6, 6.07) is 0. The van der Waals surface area contributed by atoms with Gasteiger partial charge in [0, 0.05) is 26.2 Å². The minimum Gasteiger partial charge on any atom is -0.345 e. The molecule has 1 amide bonds. The van der Waals surface area contributed by atoms with E-state index in [1.165, 1.54) is 13.1 Å². The summed E-state index contributed by atoms with van der Waals surface area (Å²) >= 11 is 0. The molecule has 2 heterocycles. The van der Waals surface area contributed by atoms with Crippen LogP contribution in [0.2, 0.25) is 0 Å². The van der Waals surface area contributed by atoms with Crippen molar-refractivity contribution in [2.24, 2.45) is 11.8 Å². The van der Waals surface area contributed by atoms with Crippen LogP contribution in [0.15, 0.2) is 0 Å². The van der Waals surface area contributed by atoms with Crippen LogP contribution in [0.3, 0.4) is 0 Å². The molecule has 2 rings (SSSR count). The maximum Gasteiger partial charge on any atom is 0.209 e. The molecule has 0 saturated carbocycles. The highest BCUT2D eigenvalue weighted by Crippen LogP contribution is 2.28. The van der Waals surface area contributed by atoms with Crippen molar-refractivity contribution in [2.75, 3.05) is 33.2 Å². The molecule has 2 aliphatic rings. The molecule has 0 aromatic rings. The summed E-state index contributed by atoms with van der Waals surface area (Å²) in [7, 11) is 2.16. The fraction of sp³-hybridized carbons (Fsp3) is 0.875. The Kier molecular flexibility index (Phi) is 1.60. The summed E-state index contributed by atoms with van der Waals surface area (Å²) in [6.45, 7) is 4.32. The summed E-state index contributed by atoms with van der Waals surface area (Å²) in [5, 5.41) is 0. The molecule has 2 atom stereocenters. The van der Waals surface area contributed by atoms with Crippen molar-refractivity contribution >= 4 is 6.41 Å². The van der Waals surface area contributed by atoms with E-state index in [-0.39, 0.29) is 0 Å². The molecule has 2 aliphatic heterocycles. The van der Waals surface area contributed by atoms with Crippen molar-refractivity contribution in [3.8, 4) is 0 Å². The number of amides is 1. The molecule has 2 fully saturated rings. The third-order valence-corrected chi connectivity index (χ3v) is 2.85. The van der Waals surface area contributed by atoms with Crippen LogP contribution in [0.5, 0.6) is 0 Å². The Morgan fingerprint density at radius 3 is 2.18 bits per heavy atom. The minimum atomic E-state index is 0.755. The Morgan fingerprint density at radius 1 is 1.18 bits per heavy atom. The third kappa shape index (κ3) is 1.13. The predicted octanol–water partition coefficient (Wildman–Crippen LogP) is -0.364. The first-order chi connectivity index (χ1) is 5.29. The zero-order chi connectivity index (χ0) is 7.84. The first-order valence-electron chi connectivity index (χ1n) is 4.17. The van der Waals surface area contributed by atoms with Gasteiger partial charge in [0.05, 0.1) is 0 Å². The zero-order valence-electron chi connectivity index (χ0n) is 6.86. The van der Waals surface area contributed by atoms with Gasteiger partial charge in [-0.1, -0.05) is 0 Å². The molecule has 2 saturated heterocycles. The number of likely N-dealkylation sites (tertiary alicyclic amines) is 2. The summed E-state index contributed by atoms with van der Waals surface area (Å²) < 4.78 is 0. The van der Waals surface area contributed by atoms with E-state index >= 15 is 0 Å². The van der Waals surface area contributed by atoms with Crippen molar-refractivity contribution in [2.45, 2.75) is 0 Å². The lowest BCUT2D eigenvalue weighted by atomic mass is 10.0. The van der Waals surface area contributed by atoms with Gasteiger partial charge in [0.1, 0.15) is 0 Å². The van der Waals surface area contributed by atoms with E-state index in [4.69, 9.17) is 0 Å². The molecule has 62 valence electrons. The molecule has 0 spiro atoms. The molecule has 11 heavy (non-hydrogen) atoms. The zero-order valence-corrected chi connectivity index (χ0v) is 6.86. The highest BCUT2D eigenvalue weighted by molar-refractivity contribution is 5.47. The molecule has 0 N–H and O–H groups in total. The fourth-order valence-corrected chi connectivity index (χ4v) is 2.35. The number of fused-ring (bicyclic) bond motifs is 1. The van der Waals surface area contributed by atoms with Crippen molar-refractivity contribution in [1.82, 2.24) is 9.80 Å². The summed E-state index contributed by atoms with van der Waals surface area (Å²) in [6.07, 6.45) is 0.984. The second-order valence-corrected chi connectivity index (χ2v) is 3.80. The maximum atomic E-state index is 10.4. The van der Waals surface area contributed by atoms with Crippen LogP contribution in [-0.2, 0) is 4.79 Å². The molecular weight excluding hydrogens is 140 g/mol. The smallest absolute Gasteiger partial charge is 0.209 e. The van der Waals surface area contributed by atoms with E-state index in [0.717, 1.165) is 31.3 Å². The average molecular weight is 154 g/mol. The Morgan fingerprint density at radius 2 is 1.73 bits per heavy atom. The molecule has 3 heteroatoms. The topological polar surface area (TPSA) is 23.6 Å². The van der Waals surface area contributed by atoms with E-state index < -0.39 is 0 Å². The van der Waals surface area contributed by atoms with Gasteiger partial charge >= 0.3 is 0 Å². The van der Waals surface area contributed by atoms with Crippen LogP contribution in [0, 0.1) is 11.8 Å². The first kappa shape index (κ1) is 7.10. The molecule has 0 aromatic heterocycles. The highest BCUT2D eigenvalue weighted by atomic mass is 16.1. The predicted molar refractivity (Wildman–Crippen MR) is 42.1 cm³/mol. The van der Waals surface area contributed by atoms with Crippen molar-refractivity contribution in [3.05, 3.63) is 0 Å². The van der Waals surface area contributed by atoms with Gasteiger partial charge in [0.25, 0.3) is 0 Å². The number of rotatable bonds is 1. The standard InChI is InChI=1S/C8H14N2O/c1-9-2-7-4-10(6-11)5-8(7)3-9/h6-8H,2-5H2,1H3. The minimum absolute atomic E-state index is 0.755. The van der Waals surface area contributed by atoms with Gasteiger partial charge < -0.3 is 9.80 Å². The number of carbonyl (C=O) groups excluding carboxylic acids is 1. The van der Waals surface area contributed by atoms with Gasteiger partial charge in [-0.2, -0.15) is 0 Å². The van der Waals surface area contributed by atoms with Gasteiger partial charge in [0.15, 0.2) is 0 Å². The van der Waals surface area contributed by atoms with Gasteiger partial charge in [-0.3, -0.25) is 4.79 Å². The second kappa shape index (κ2) is 2.48. The largest absolute Gasteiger partial charge is 0.345 e. The normalized spacial score (nSPS) is 37.7. The van der Waals surface area contributed by atoms with Gasteiger partial charge in [-0.15, -0.1) is 0 Å². The lowest BCUT2D eigenvalue weighted by Gasteiger charge is -2.13. The lowest BCUT2D eigenvalue weighted by Crippen LogP contribution is -2.25. The lowest BCUT2D eigenvalue weighted by molar-refractivity contribution is -0.117. The monoisotopic (exact) mass is 154 g/mol. The Balaban J connectivity index is 1.98. The van der Waals surface area contributed by atoms with Gasteiger partial charge in [-0.25, -0.2) is 0 Å². The van der Waals surface area contributed by atoms with E-state index in [2.05, 4.69) is 11.9 Å². The van der Waals surface area contributed by atoms with E-state index in [1.807, 2.05) is 4.90 Å². The Labute approximate surface area is 67.0 Å². The molecule has 0 aliphatic carbocycles. The number of carbonyl (C=O) groups is 1. The van der Waals surface area contributed by atoms with Crippen molar-refractivity contribution in [1.29, 1.82) is 0 Å². The van der Waals surface area contributed by atoms with Crippen LogP contribution in [0.25, 0.3) is 0 Å². The molecule has 0 radical (unpaired) electrons. The van der Waals surface area contributed by atoms with Crippen LogP contribution in [0.1, 0.15) is 0 Å². The summed E-state index contributed by atoms with van der Waals surface area (Å²) in [5.41, 5.74) is 0. The molecule has 2 unspecified atom stereocenters. The number of hydrogen-bond acceptors (Lipinski definition) is 2. The molecule has 0 aromatic carbocycles. The van der Waals surface area contributed by atoms with Crippen LogP contribution in [0.4, 0.5) is 0 Å². The molecule has 3 nitrogen and oxygen atoms in total. The van der Waals surface area contributed by atoms with Crippen LogP contribution in [-0.4, -0.2) is 49.4 Å². The Bertz CT molecular complexity index is 157. The maximum absolute atomic E-state index is 10.4. The van der Waals surface area contributed by atoms with Crippen LogP contribution < -0.4 is 0 Å². The third-order valence-electron chi connectivity index (χ3n) is 2.85. The number of hydrogen-bond donors (Lipinski definition) is 0. The fourth-order valence-electron chi connectivity index (χ4n) is 2.35. The summed E-state index contributed by atoms with van der Waals surface area (Å²) in [5.74, 6) is 1.51. The highest BCUT2D eigenvalue weighted by Gasteiger charge is 2.37. The van der Waals surface area contributed by atoms with Gasteiger partial charge in [-0.05, 0) is 18.9 Å². The quantitative estimate of drug-likeness (QED) is 0.481.